The molecular formula is C21H17FN4O3. The van der Waals surface area contributed by atoms with Crippen LogP contribution in [0.5, 0.6) is 11.5 Å². The maximum Gasteiger partial charge on any atom is 0.258 e. The van der Waals surface area contributed by atoms with Gasteiger partial charge in [0.2, 0.25) is 12.8 Å². The molecule has 0 radical (unpaired) electrons. The highest BCUT2D eigenvalue weighted by atomic mass is 19.1. The van der Waals surface area contributed by atoms with Crippen LogP contribution in [0.3, 0.4) is 0 Å². The number of ether oxygens (including phenoxy) is 2. The van der Waals surface area contributed by atoms with Crippen molar-refractivity contribution in [2.24, 2.45) is 4.99 Å². The van der Waals surface area contributed by atoms with Gasteiger partial charge >= 0.3 is 0 Å². The summed E-state index contributed by atoms with van der Waals surface area (Å²) < 4.78 is 24.1. The van der Waals surface area contributed by atoms with E-state index in [4.69, 9.17) is 9.47 Å². The van der Waals surface area contributed by atoms with Crippen molar-refractivity contribution in [1.82, 2.24) is 10.3 Å². The number of hydrogen-bond donors (Lipinski definition) is 2. The van der Waals surface area contributed by atoms with E-state index < -0.39 is 11.7 Å². The summed E-state index contributed by atoms with van der Waals surface area (Å²) in [5.41, 5.74) is 1.70. The Bertz CT molecular complexity index is 1060. The molecule has 1 aromatic heterocycles. The third-order valence-corrected chi connectivity index (χ3v) is 4.10. The fourth-order valence-electron chi connectivity index (χ4n) is 2.69. The van der Waals surface area contributed by atoms with Gasteiger partial charge in [-0.3, -0.25) is 15.1 Å². The fraction of sp³-hybridized carbons (Fsp3) is 0.0952. The van der Waals surface area contributed by atoms with Gasteiger partial charge in [0.15, 0.2) is 11.5 Å². The van der Waals surface area contributed by atoms with Gasteiger partial charge in [0.1, 0.15) is 5.82 Å². The quantitative estimate of drug-likeness (QED) is 0.525. The first-order chi connectivity index (χ1) is 14.2. The van der Waals surface area contributed by atoms with Crippen molar-refractivity contribution in [2.45, 2.75) is 6.54 Å². The number of hydrogen-bond acceptors (Lipinski definition) is 5. The third-order valence-electron chi connectivity index (χ3n) is 4.10. The van der Waals surface area contributed by atoms with E-state index in [0.29, 0.717) is 22.7 Å². The lowest BCUT2D eigenvalue weighted by molar-refractivity contribution is 0.0976. The Balaban J connectivity index is 1.54. The Morgan fingerprint density at radius 2 is 2.00 bits per heavy atom. The predicted molar refractivity (Wildman–Crippen MR) is 105 cm³/mol. The second-order valence-electron chi connectivity index (χ2n) is 6.18. The first-order valence-electron chi connectivity index (χ1n) is 8.84. The number of carbonyl (C=O) groups excluding carboxylic acids is 1. The van der Waals surface area contributed by atoms with Gasteiger partial charge in [0.25, 0.3) is 5.91 Å². The fourth-order valence-corrected chi connectivity index (χ4v) is 2.69. The molecule has 3 aromatic rings. The topological polar surface area (TPSA) is 84.8 Å². The maximum atomic E-state index is 13.5. The minimum absolute atomic E-state index is 0.124. The molecule has 8 heteroatoms. The van der Waals surface area contributed by atoms with Crippen LogP contribution < -0.4 is 20.1 Å². The molecule has 7 nitrogen and oxygen atoms in total. The van der Waals surface area contributed by atoms with Crippen molar-refractivity contribution in [2.75, 3.05) is 12.1 Å². The van der Waals surface area contributed by atoms with Crippen LogP contribution in [0.15, 0.2) is 72.0 Å². The molecule has 0 saturated heterocycles. The summed E-state index contributed by atoms with van der Waals surface area (Å²) >= 11 is 0. The molecule has 1 aliphatic rings. The Morgan fingerprint density at radius 3 is 2.83 bits per heavy atom. The van der Waals surface area contributed by atoms with E-state index in [2.05, 4.69) is 20.6 Å². The van der Waals surface area contributed by atoms with E-state index >= 15 is 0 Å². The number of fused-ring (bicyclic) bond motifs is 1. The number of anilines is 1. The molecule has 2 heterocycles. The van der Waals surface area contributed by atoms with Gasteiger partial charge in [0, 0.05) is 23.6 Å². The molecule has 0 fully saturated rings. The maximum absolute atomic E-state index is 13.5. The first kappa shape index (κ1) is 18.4. The highest BCUT2D eigenvalue weighted by Crippen LogP contribution is 2.32. The van der Waals surface area contributed by atoms with Gasteiger partial charge in [0.05, 0.1) is 6.54 Å². The number of amides is 1. The van der Waals surface area contributed by atoms with E-state index in [-0.39, 0.29) is 19.3 Å². The van der Waals surface area contributed by atoms with Crippen LogP contribution in [0, 0.1) is 5.82 Å². The predicted octanol–water partition coefficient (Wildman–Crippen LogP) is 3.35. The Kier molecular flexibility index (Phi) is 5.33. The SMILES string of the molecule is O=C(NC(=NCc1cccnc1)Nc1cccc(F)c1)c1ccc2c(c1)OCO2. The zero-order chi connectivity index (χ0) is 20.1. The Hall–Kier alpha value is -3.94. The van der Waals surface area contributed by atoms with Crippen LogP contribution in [0.25, 0.3) is 0 Å². The lowest BCUT2D eigenvalue weighted by atomic mass is 10.2. The second-order valence-corrected chi connectivity index (χ2v) is 6.18. The van der Waals surface area contributed by atoms with Crippen molar-refractivity contribution in [3.63, 3.8) is 0 Å². The molecule has 1 amide bonds. The number of aromatic nitrogens is 1. The van der Waals surface area contributed by atoms with Gasteiger partial charge in [-0.05, 0) is 48.0 Å². The van der Waals surface area contributed by atoms with E-state index in [0.717, 1.165) is 5.56 Å². The van der Waals surface area contributed by atoms with Crippen LogP contribution in [0.2, 0.25) is 0 Å². The summed E-state index contributed by atoms with van der Waals surface area (Å²) in [6.45, 7) is 0.409. The Labute approximate surface area is 166 Å². The molecule has 0 bridgehead atoms. The highest BCUT2D eigenvalue weighted by Gasteiger charge is 2.17. The van der Waals surface area contributed by atoms with Crippen molar-refractivity contribution in [3.05, 3.63) is 83.9 Å². The van der Waals surface area contributed by atoms with Gasteiger partial charge in [-0.15, -0.1) is 0 Å². The number of halogens is 1. The second kappa shape index (κ2) is 8.39. The zero-order valence-corrected chi connectivity index (χ0v) is 15.3. The molecule has 2 aromatic carbocycles. The van der Waals surface area contributed by atoms with Crippen LogP contribution in [-0.4, -0.2) is 23.6 Å². The number of aliphatic imine (C=N–C) groups is 1. The van der Waals surface area contributed by atoms with Gasteiger partial charge in [-0.1, -0.05) is 12.1 Å². The molecule has 0 unspecified atom stereocenters. The summed E-state index contributed by atoms with van der Waals surface area (Å²) in [6, 6.07) is 14.5. The average Bonchev–Trinajstić information content (AvgIpc) is 3.20. The molecule has 0 atom stereocenters. The van der Waals surface area contributed by atoms with Crippen molar-refractivity contribution in [3.8, 4) is 11.5 Å². The van der Waals surface area contributed by atoms with Gasteiger partial charge in [-0.2, -0.15) is 0 Å². The number of benzene rings is 2. The number of nitrogens with zero attached hydrogens (tertiary/aromatic N) is 2. The highest BCUT2D eigenvalue weighted by molar-refractivity contribution is 6.10. The molecule has 146 valence electrons. The minimum atomic E-state index is -0.399. The lowest BCUT2D eigenvalue weighted by Crippen LogP contribution is -2.36. The summed E-state index contributed by atoms with van der Waals surface area (Å²) in [5.74, 6) is 0.484. The molecule has 0 aliphatic carbocycles. The van der Waals surface area contributed by atoms with Crippen molar-refractivity contribution in [1.29, 1.82) is 0 Å². The number of nitrogens with one attached hydrogen (secondary N) is 2. The largest absolute Gasteiger partial charge is 0.454 e. The number of carbonyl (C=O) groups is 1. The van der Waals surface area contributed by atoms with Crippen molar-refractivity contribution < 1.29 is 18.7 Å². The average molecular weight is 392 g/mol. The van der Waals surface area contributed by atoms with E-state index in [1.54, 1.807) is 48.8 Å². The van der Waals surface area contributed by atoms with E-state index in [1.165, 1.54) is 12.1 Å². The number of pyridine rings is 1. The summed E-state index contributed by atoms with van der Waals surface area (Å²) in [5, 5.41) is 5.67. The number of rotatable bonds is 4. The monoisotopic (exact) mass is 392 g/mol. The third kappa shape index (κ3) is 4.67. The lowest BCUT2D eigenvalue weighted by Gasteiger charge is -2.12. The number of guanidine groups is 1. The first-order valence-corrected chi connectivity index (χ1v) is 8.84. The van der Waals surface area contributed by atoms with Crippen LogP contribution in [0.4, 0.5) is 10.1 Å². The standard InChI is InChI=1S/C21H17FN4O3/c22-16-4-1-5-17(10-16)25-21(24-12-14-3-2-8-23-11-14)26-20(27)15-6-7-18-19(9-15)29-13-28-18/h1-11H,12-13H2,(H2,24,25,26,27). The molecule has 1 aliphatic heterocycles. The summed E-state index contributed by atoms with van der Waals surface area (Å²) in [4.78, 5) is 21.2. The molecule has 29 heavy (non-hydrogen) atoms. The van der Waals surface area contributed by atoms with Gasteiger partial charge in [-0.25, -0.2) is 9.38 Å². The normalized spacial score (nSPS) is 12.5. The molecule has 2 N–H and O–H groups in total. The zero-order valence-electron chi connectivity index (χ0n) is 15.3. The summed E-state index contributed by atoms with van der Waals surface area (Å²) in [6.07, 6.45) is 3.35. The molecule has 0 spiro atoms. The molecule has 0 saturated carbocycles. The van der Waals surface area contributed by atoms with Gasteiger partial charge < -0.3 is 14.8 Å². The minimum Gasteiger partial charge on any atom is -0.454 e. The molecular weight excluding hydrogens is 375 g/mol. The smallest absolute Gasteiger partial charge is 0.258 e. The Morgan fingerprint density at radius 1 is 1.10 bits per heavy atom. The van der Waals surface area contributed by atoms with Crippen LogP contribution in [0.1, 0.15) is 15.9 Å². The van der Waals surface area contributed by atoms with E-state index in [9.17, 15) is 9.18 Å². The van der Waals surface area contributed by atoms with E-state index in [1.807, 2.05) is 6.07 Å². The van der Waals surface area contributed by atoms with Crippen LogP contribution in [-0.2, 0) is 6.54 Å². The van der Waals surface area contributed by atoms with Crippen molar-refractivity contribution >= 4 is 17.6 Å². The summed E-state index contributed by atoms with van der Waals surface area (Å²) in [7, 11) is 0. The molecule has 4 rings (SSSR count). The van der Waals surface area contributed by atoms with Crippen LogP contribution >= 0.6 is 0 Å².